The van der Waals surface area contributed by atoms with Gasteiger partial charge in [0.05, 0.1) is 19.1 Å². The van der Waals surface area contributed by atoms with E-state index >= 15 is 0 Å². The van der Waals surface area contributed by atoms with Gasteiger partial charge in [-0.15, -0.1) is 0 Å². The molecule has 1 unspecified atom stereocenters. The Labute approximate surface area is 184 Å². The summed E-state index contributed by atoms with van der Waals surface area (Å²) in [7, 11) is 0. The fraction of sp³-hybridized carbons (Fsp3) is 0.625. The van der Waals surface area contributed by atoms with E-state index in [1.54, 1.807) is 0 Å². The molecule has 3 aliphatic rings. The van der Waals surface area contributed by atoms with Crippen molar-refractivity contribution in [1.29, 1.82) is 0 Å². The lowest BCUT2D eigenvalue weighted by Crippen LogP contribution is -2.45. The van der Waals surface area contributed by atoms with Crippen LogP contribution in [0.2, 0.25) is 0 Å². The van der Waals surface area contributed by atoms with Crippen molar-refractivity contribution < 1.29 is 19.1 Å². The van der Waals surface area contributed by atoms with Gasteiger partial charge in [0, 0.05) is 51.3 Å². The molecule has 3 saturated heterocycles. The van der Waals surface area contributed by atoms with Crippen LogP contribution in [0.1, 0.15) is 40.7 Å². The molecule has 168 valence electrons. The van der Waals surface area contributed by atoms with Crippen LogP contribution in [0.25, 0.3) is 0 Å². The summed E-state index contributed by atoms with van der Waals surface area (Å²) in [6.45, 7) is 9.08. The molecule has 7 heteroatoms. The number of carbonyl (C=O) groups is 3. The molecule has 31 heavy (non-hydrogen) atoms. The number of carbonyl (C=O) groups excluding carboxylic acids is 3. The molecule has 0 aromatic heterocycles. The first-order valence-corrected chi connectivity index (χ1v) is 11.4. The highest BCUT2D eigenvalue weighted by Crippen LogP contribution is 2.26. The fourth-order valence-corrected chi connectivity index (χ4v) is 5.07. The molecule has 0 spiro atoms. The maximum absolute atomic E-state index is 12.9. The van der Waals surface area contributed by atoms with Crippen molar-refractivity contribution in [1.82, 2.24) is 14.7 Å². The Morgan fingerprint density at radius 2 is 1.61 bits per heavy atom. The second kappa shape index (κ2) is 9.39. The van der Waals surface area contributed by atoms with Crippen LogP contribution in [0.15, 0.2) is 18.2 Å². The van der Waals surface area contributed by atoms with E-state index in [2.05, 4.69) is 6.07 Å². The third kappa shape index (κ3) is 5.09. The predicted octanol–water partition coefficient (Wildman–Crippen LogP) is 1.86. The molecular formula is C24H33N3O4. The second-order valence-corrected chi connectivity index (χ2v) is 9.25. The normalized spacial score (nSPS) is 22.8. The first-order valence-electron chi connectivity index (χ1n) is 11.4. The molecule has 0 bridgehead atoms. The van der Waals surface area contributed by atoms with Gasteiger partial charge >= 0.3 is 0 Å². The van der Waals surface area contributed by atoms with E-state index in [1.807, 2.05) is 40.7 Å². The molecule has 7 nitrogen and oxygen atoms in total. The van der Waals surface area contributed by atoms with Crippen LogP contribution >= 0.6 is 0 Å². The maximum Gasteiger partial charge on any atom is 0.253 e. The van der Waals surface area contributed by atoms with E-state index in [1.165, 1.54) is 0 Å². The zero-order chi connectivity index (χ0) is 22.0. The quantitative estimate of drug-likeness (QED) is 0.736. The number of morpholine rings is 1. The topological polar surface area (TPSA) is 70.2 Å². The SMILES string of the molecule is Cc1cc(C)cc(C(=O)N2CCC(CN3CC(C(=O)N4CCOCC4)CC3=O)CC2)c1. The number of aryl methyl sites for hydroxylation is 2. The van der Waals surface area contributed by atoms with Crippen LogP contribution in [0, 0.1) is 25.7 Å². The summed E-state index contributed by atoms with van der Waals surface area (Å²) in [5, 5.41) is 0. The van der Waals surface area contributed by atoms with E-state index < -0.39 is 0 Å². The van der Waals surface area contributed by atoms with Crippen molar-refractivity contribution in [2.75, 3.05) is 52.5 Å². The molecule has 1 aromatic carbocycles. The summed E-state index contributed by atoms with van der Waals surface area (Å²) in [6.07, 6.45) is 2.10. The van der Waals surface area contributed by atoms with Crippen LogP contribution in [0.5, 0.6) is 0 Å². The lowest BCUT2D eigenvalue weighted by atomic mass is 9.95. The summed E-state index contributed by atoms with van der Waals surface area (Å²) in [5.41, 5.74) is 2.97. The Kier molecular flexibility index (Phi) is 6.60. The highest BCUT2D eigenvalue weighted by Gasteiger charge is 2.38. The van der Waals surface area contributed by atoms with Crippen molar-refractivity contribution in [3.8, 4) is 0 Å². The minimum absolute atomic E-state index is 0.0837. The van der Waals surface area contributed by atoms with Gasteiger partial charge in [-0.1, -0.05) is 17.2 Å². The Morgan fingerprint density at radius 1 is 0.968 bits per heavy atom. The van der Waals surface area contributed by atoms with Gasteiger partial charge in [-0.2, -0.15) is 0 Å². The molecule has 3 fully saturated rings. The van der Waals surface area contributed by atoms with Gasteiger partial charge in [0.2, 0.25) is 11.8 Å². The first-order chi connectivity index (χ1) is 14.9. The standard InChI is InChI=1S/C24H33N3O4/c1-17-11-18(2)13-20(12-17)23(29)25-5-3-19(4-6-25)15-27-16-21(14-22(27)28)24(30)26-7-9-31-10-8-26/h11-13,19,21H,3-10,14-16H2,1-2H3. The average molecular weight is 428 g/mol. The van der Waals surface area contributed by atoms with Crippen LogP contribution in [0.3, 0.4) is 0 Å². The molecule has 3 amide bonds. The smallest absolute Gasteiger partial charge is 0.253 e. The van der Waals surface area contributed by atoms with Gasteiger partial charge in [0.25, 0.3) is 5.91 Å². The van der Waals surface area contributed by atoms with Gasteiger partial charge in [0.15, 0.2) is 0 Å². The Morgan fingerprint density at radius 3 is 2.26 bits per heavy atom. The molecule has 0 saturated carbocycles. The number of hydrogen-bond acceptors (Lipinski definition) is 4. The van der Waals surface area contributed by atoms with E-state index in [0.717, 1.165) is 29.5 Å². The number of nitrogens with zero attached hydrogens (tertiary/aromatic N) is 3. The summed E-state index contributed by atoms with van der Waals surface area (Å²) in [6, 6.07) is 5.99. The number of rotatable bonds is 4. The van der Waals surface area contributed by atoms with Crippen LogP contribution < -0.4 is 0 Å². The van der Waals surface area contributed by atoms with E-state index in [4.69, 9.17) is 4.74 Å². The van der Waals surface area contributed by atoms with E-state index in [9.17, 15) is 14.4 Å². The van der Waals surface area contributed by atoms with Crippen LogP contribution in [0.4, 0.5) is 0 Å². The van der Waals surface area contributed by atoms with Gasteiger partial charge in [-0.05, 0) is 44.7 Å². The van der Waals surface area contributed by atoms with Gasteiger partial charge in [-0.3, -0.25) is 14.4 Å². The molecular weight excluding hydrogens is 394 g/mol. The Hall–Kier alpha value is -2.41. The van der Waals surface area contributed by atoms with Gasteiger partial charge in [0.1, 0.15) is 0 Å². The highest BCUT2D eigenvalue weighted by atomic mass is 16.5. The molecule has 0 radical (unpaired) electrons. The number of hydrogen-bond donors (Lipinski definition) is 0. The summed E-state index contributed by atoms with van der Waals surface area (Å²) >= 11 is 0. The van der Waals surface area contributed by atoms with Crippen molar-refractivity contribution in [2.45, 2.75) is 33.1 Å². The second-order valence-electron chi connectivity index (χ2n) is 9.25. The summed E-state index contributed by atoms with van der Waals surface area (Å²) in [5.74, 6) is 0.424. The Bertz CT molecular complexity index is 821. The van der Waals surface area contributed by atoms with Crippen molar-refractivity contribution in [3.05, 3.63) is 34.9 Å². The molecule has 1 atom stereocenters. The maximum atomic E-state index is 12.9. The molecule has 0 aliphatic carbocycles. The first kappa shape index (κ1) is 21.8. The molecule has 1 aromatic rings. The van der Waals surface area contributed by atoms with Crippen molar-refractivity contribution >= 4 is 17.7 Å². The Balaban J connectivity index is 1.27. The largest absolute Gasteiger partial charge is 0.378 e. The monoisotopic (exact) mass is 427 g/mol. The number of piperidine rings is 1. The molecule has 0 N–H and O–H groups in total. The zero-order valence-corrected chi connectivity index (χ0v) is 18.6. The van der Waals surface area contributed by atoms with Crippen molar-refractivity contribution in [3.63, 3.8) is 0 Å². The van der Waals surface area contributed by atoms with Crippen molar-refractivity contribution in [2.24, 2.45) is 11.8 Å². The average Bonchev–Trinajstić information content (AvgIpc) is 3.13. The van der Waals surface area contributed by atoms with E-state index in [-0.39, 0.29) is 23.6 Å². The molecule has 3 aliphatic heterocycles. The minimum atomic E-state index is -0.225. The number of benzene rings is 1. The fourth-order valence-electron chi connectivity index (χ4n) is 5.07. The lowest BCUT2D eigenvalue weighted by molar-refractivity contribution is -0.139. The van der Waals surface area contributed by atoms with Gasteiger partial charge in [-0.25, -0.2) is 0 Å². The van der Waals surface area contributed by atoms with Crippen LogP contribution in [-0.4, -0.2) is 84.9 Å². The summed E-state index contributed by atoms with van der Waals surface area (Å²) < 4.78 is 5.32. The number of likely N-dealkylation sites (tertiary alicyclic amines) is 2. The number of ether oxygens (including phenoxy) is 1. The third-order valence-electron chi connectivity index (χ3n) is 6.74. The highest BCUT2D eigenvalue weighted by molar-refractivity contribution is 5.94. The minimum Gasteiger partial charge on any atom is -0.378 e. The summed E-state index contributed by atoms with van der Waals surface area (Å²) in [4.78, 5) is 43.8. The molecule has 3 heterocycles. The zero-order valence-electron chi connectivity index (χ0n) is 18.6. The lowest BCUT2D eigenvalue weighted by Gasteiger charge is -2.34. The van der Waals surface area contributed by atoms with Crippen LogP contribution in [-0.2, 0) is 14.3 Å². The van der Waals surface area contributed by atoms with Gasteiger partial charge < -0.3 is 19.4 Å². The predicted molar refractivity (Wildman–Crippen MR) is 117 cm³/mol. The third-order valence-corrected chi connectivity index (χ3v) is 6.74. The van der Waals surface area contributed by atoms with E-state index in [0.29, 0.717) is 64.8 Å². The molecule has 4 rings (SSSR count). The number of amides is 3.